The molecule has 24 heteroatoms. The van der Waals surface area contributed by atoms with Gasteiger partial charge in [0.2, 0.25) is 12.3 Å². The van der Waals surface area contributed by atoms with E-state index in [1.54, 1.807) is 0 Å². The summed E-state index contributed by atoms with van der Waals surface area (Å²) in [5.41, 5.74) is -11.2. The summed E-state index contributed by atoms with van der Waals surface area (Å²) in [7, 11) is 2.04. The van der Waals surface area contributed by atoms with Gasteiger partial charge in [-0.1, -0.05) is 30.3 Å². The molecule has 0 radical (unpaired) electrons. The molecular weight excluding hydrogens is 903 g/mol. The maximum atomic E-state index is 15.4. The van der Waals surface area contributed by atoms with Crippen LogP contribution in [0.5, 0.6) is 0 Å². The van der Waals surface area contributed by atoms with Gasteiger partial charge >= 0.3 is 0 Å². The molecule has 0 unspecified atom stereocenters. The fourth-order valence-corrected chi connectivity index (χ4v) is 7.17. The van der Waals surface area contributed by atoms with Crippen molar-refractivity contribution in [3.8, 4) is 0 Å². The zero-order chi connectivity index (χ0) is 47.5. The van der Waals surface area contributed by atoms with Crippen LogP contribution in [0, 0.1) is 116 Å². The van der Waals surface area contributed by atoms with Gasteiger partial charge in [-0.3, -0.25) is 4.79 Å². The average Bonchev–Trinajstić information content (AvgIpc) is 3.25. The lowest BCUT2D eigenvalue weighted by Crippen LogP contribution is -2.81. The Morgan fingerprint density at radius 1 is 0.460 bits per heavy atom. The highest BCUT2D eigenvalue weighted by atomic mass is 19.2. The monoisotopic (exact) mass is 922 g/mol. The molecule has 0 spiro atoms. The first-order chi connectivity index (χ1) is 29.3. The van der Waals surface area contributed by atoms with E-state index >= 15 is 35.1 Å². The quantitative estimate of drug-likeness (QED) is 0.0413. The molecule has 3 nitrogen and oxygen atoms in total. The van der Waals surface area contributed by atoms with Gasteiger partial charge in [0.1, 0.15) is 52.7 Å². The molecule has 0 saturated heterocycles. The number of hydrogen-bond acceptors (Lipinski definition) is 2. The summed E-state index contributed by atoms with van der Waals surface area (Å²) < 4.78 is 296. The van der Waals surface area contributed by atoms with Gasteiger partial charge < -0.3 is 4.90 Å². The lowest BCUT2D eigenvalue weighted by Gasteiger charge is -2.44. The second-order valence-corrected chi connectivity index (χ2v) is 13.6. The first-order valence-corrected chi connectivity index (χ1v) is 17.1. The molecule has 1 aliphatic rings. The van der Waals surface area contributed by atoms with E-state index in [1.165, 1.54) is 5.71 Å². The molecule has 5 aromatic carbocycles. The Morgan fingerprint density at radius 2 is 0.714 bits per heavy atom. The van der Waals surface area contributed by atoms with Crippen LogP contribution in [-0.2, 0) is 0 Å². The van der Waals surface area contributed by atoms with E-state index in [0.29, 0.717) is 6.54 Å². The normalized spacial score (nSPS) is 13.1. The van der Waals surface area contributed by atoms with E-state index in [2.05, 4.69) is 22.6 Å². The SMILES string of the molecule is CC1=CN(C)CC(C)=[N+]1CC(=O)c1ccccc1.Fc1c(F)c(F)c([B-](c2c(F)c(F)c(F)c(F)c2F)(c2c(F)c(F)c(F)c(F)c2F)c2c(F)c(F)c(F)c(F)c2F)c(F)c1F. The van der Waals surface area contributed by atoms with Crippen LogP contribution in [0.1, 0.15) is 24.2 Å². The number of benzene rings is 5. The van der Waals surface area contributed by atoms with Crippen molar-refractivity contribution in [2.24, 2.45) is 0 Å². The minimum absolute atomic E-state index is 0.159. The van der Waals surface area contributed by atoms with Gasteiger partial charge in [0.25, 0.3) is 0 Å². The fraction of sp³-hybridized carbons (Fsp3) is 0.128. The molecule has 0 N–H and O–H groups in total. The van der Waals surface area contributed by atoms with E-state index in [4.69, 9.17) is 0 Å². The molecule has 0 aliphatic carbocycles. The lowest BCUT2D eigenvalue weighted by atomic mass is 9.12. The molecule has 1 heterocycles. The third-order valence-electron chi connectivity index (χ3n) is 9.88. The van der Waals surface area contributed by atoms with Crippen molar-refractivity contribution in [2.75, 3.05) is 20.1 Å². The fourth-order valence-electron chi connectivity index (χ4n) is 7.17. The lowest BCUT2D eigenvalue weighted by molar-refractivity contribution is -0.467. The van der Waals surface area contributed by atoms with E-state index in [0.717, 1.165) is 17.8 Å². The van der Waals surface area contributed by atoms with Gasteiger partial charge in [0.05, 0.1) is 12.7 Å². The van der Waals surface area contributed by atoms with Crippen LogP contribution < -0.4 is 21.9 Å². The maximum Gasteiger partial charge on any atom is 0.227 e. The number of halogens is 20. The topological polar surface area (TPSA) is 23.3 Å². The molecule has 1 aliphatic heterocycles. The minimum atomic E-state index is -7.22. The number of Topliss-reactive ketones (excluding diaryl/α,β-unsaturated/α-hetero) is 1. The summed E-state index contributed by atoms with van der Waals surface area (Å²) in [6.07, 6.45) is -5.14. The molecule has 0 bridgehead atoms. The van der Waals surface area contributed by atoms with Crippen molar-refractivity contribution in [1.29, 1.82) is 0 Å². The van der Waals surface area contributed by atoms with Crippen LogP contribution in [0.2, 0.25) is 0 Å². The summed E-state index contributed by atoms with van der Waals surface area (Å²) >= 11 is 0. The molecule has 334 valence electrons. The summed E-state index contributed by atoms with van der Waals surface area (Å²) in [5, 5.41) is 0. The van der Waals surface area contributed by atoms with E-state index < -0.39 is 144 Å². The third kappa shape index (κ3) is 7.55. The van der Waals surface area contributed by atoms with E-state index in [1.807, 2.05) is 44.3 Å². The Kier molecular flexibility index (Phi) is 13.2. The highest BCUT2D eigenvalue weighted by Crippen LogP contribution is 2.31. The van der Waals surface area contributed by atoms with Crippen molar-refractivity contribution in [1.82, 2.24) is 4.90 Å². The molecule has 0 aromatic heterocycles. The van der Waals surface area contributed by atoms with Crippen LogP contribution in [-0.4, -0.2) is 47.3 Å². The van der Waals surface area contributed by atoms with Gasteiger partial charge in [0.15, 0.2) is 81.2 Å². The molecule has 0 fully saturated rings. The Hall–Kier alpha value is -6.36. The van der Waals surface area contributed by atoms with Crippen molar-refractivity contribution in [3.05, 3.63) is 164 Å². The van der Waals surface area contributed by atoms with Crippen LogP contribution in [0.4, 0.5) is 87.8 Å². The van der Waals surface area contributed by atoms with Crippen LogP contribution in [0.15, 0.2) is 42.2 Å². The van der Waals surface area contributed by atoms with Gasteiger partial charge in [-0.25, -0.2) is 87.8 Å². The summed E-state index contributed by atoms with van der Waals surface area (Å²) in [4.78, 5) is 14.3. The van der Waals surface area contributed by atoms with Crippen molar-refractivity contribution < 1.29 is 97.2 Å². The number of carbonyl (C=O) groups excluding carboxylic acids is 1. The number of nitrogens with zero attached hydrogens (tertiary/aromatic N) is 2. The Morgan fingerprint density at radius 3 is 0.968 bits per heavy atom. The molecule has 6 rings (SSSR count). The zero-order valence-corrected chi connectivity index (χ0v) is 31.3. The van der Waals surface area contributed by atoms with Gasteiger partial charge in [0, 0.05) is 26.5 Å². The van der Waals surface area contributed by atoms with Gasteiger partial charge in [-0.15, -0.1) is 21.9 Å². The first-order valence-electron chi connectivity index (χ1n) is 17.1. The number of ketones is 1. The van der Waals surface area contributed by atoms with Crippen molar-refractivity contribution >= 4 is 39.5 Å². The second kappa shape index (κ2) is 17.4. The molecule has 5 aromatic rings. The standard InChI is InChI=1S/C24BF20.C15H19N2O/c26-5-1(6(27)14(35)21(42)13(5)34)25(2-7(28)15(36)22(43)16(37)8(2)29,3-9(30)17(38)23(44)18(39)10(3)31)4-11(32)19(40)24(45)20(41)12(4)33;1-12-9-16(3)10-13(2)17(12)11-15(18)14-7-5-4-6-8-14/h;4-9H,10-11H2,1-3H3/q-1;+1. The van der Waals surface area contributed by atoms with Crippen LogP contribution in [0.25, 0.3) is 0 Å². The Balaban J connectivity index is 0.000000345. The van der Waals surface area contributed by atoms with Crippen LogP contribution >= 0.6 is 0 Å². The number of rotatable bonds is 7. The van der Waals surface area contributed by atoms with Crippen LogP contribution in [0.3, 0.4) is 0 Å². The average molecular weight is 922 g/mol. The highest BCUT2D eigenvalue weighted by Gasteiger charge is 2.52. The zero-order valence-electron chi connectivity index (χ0n) is 31.3. The van der Waals surface area contributed by atoms with Gasteiger partial charge in [-0.2, -0.15) is 4.58 Å². The van der Waals surface area contributed by atoms with E-state index in [-0.39, 0.29) is 5.78 Å². The highest BCUT2D eigenvalue weighted by molar-refractivity contribution is 7.20. The predicted molar refractivity (Wildman–Crippen MR) is 182 cm³/mol. The largest absolute Gasteiger partial charge is 0.365 e. The molecule has 0 atom stereocenters. The van der Waals surface area contributed by atoms with Crippen molar-refractivity contribution in [3.63, 3.8) is 0 Å². The van der Waals surface area contributed by atoms with Crippen molar-refractivity contribution in [2.45, 2.75) is 13.8 Å². The molecule has 0 saturated carbocycles. The third-order valence-corrected chi connectivity index (χ3v) is 9.88. The predicted octanol–water partition coefficient (Wildman–Crippen LogP) is 8.00. The smallest absolute Gasteiger partial charge is 0.227 e. The number of carbonyl (C=O) groups is 1. The Bertz CT molecular complexity index is 2410. The Labute approximate surface area is 339 Å². The van der Waals surface area contributed by atoms with E-state index in [9.17, 15) is 57.5 Å². The minimum Gasteiger partial charge on any atom is -0.365 e. The molecule has 0 amide bonds. The molecular formula is C39H19BF20N2O. The number of allylic oxidation sites excluding steroid dienone is 1. The summed E-state index contributed by atoms with van der Waals surface area (Å²) in [6, 6.07) is 9.46. The molecule has 63 heavy (non-hydrogen) atoms. The van der Waals surface area contributed by atoms with Gasteiger partial charge in [-0.05, 0) is 0 Å². The first kappa shape index (κ1) is 47.7. The summed E-state index contributed by atoms with van der Waals surface area (Å²) in [6.45, 7) is 5.41. The number of hydrogen-bond donors (Lipinski definition) is 0. The summed E-state index contributed by atoms with van der Waals surface area (Å²) in [5.74, 6) is -71.2. The maximum absolute atomic E-state index is 15.4. The second-order valence-electron chi connectivity index (χ2n) is 13.6.